The number of anilines is 1. The van der Waals surface area contributed by atoms with E-state index in [1.165, 1.54) is 11.8 Å². The van der Waals surface area contributed by atoms with Gasteiger partial charge < -0.3 is 10.1 Å². The summed E-state index contributed by atoms with van der Waals surface area (Å²) in [6, 6.07) is 7.35. The van der Waals surface area contributed by atoms with Crippen molar-refractivity contribution in [1.82, 2.24) is 9.97 Å². The fourth-order valence-corrected chi connectivity index (χ4v) is 2.22. The first-order valence-corrected chi connectivity index (χ1v) is 8.33. The van der Waals surface area contributed by atoms with E-state index < -0.39 is 0 Å². The van der Waals surface area contributed by atoms with Crippen LogP contribution in [0.1, 0.15) is 18.9 Å². The molecule has 0 saturated heterocycles. The van der Waals surface area contributed by atoms with Crippen molar-refractivity contribution in [3.05, 3.63) is 34.9 Å². The highest BCUT2D eigenvalue weighted by molar-refractivity contribution is 7.98. The lowest BCUT2D eigenvalue weighted by Crippen LogP contribution is -2.04. The van der Waals surface area contributed by atoms with Crippen molar-refractivity contribution in [1.29, 1.82) is 0 Å². The van der Waals surface area contributed by atoms with Gasteiger partial charge in [0.2, 0.25) is 5.88 Å². The first kappa shape index (κ1) is 15.9. The van der Waals surface area contributed by atoms with Gasteiger partial charge in [0.25, 0.3) is 0 Å². The Hall–Kier alpha value is -1.46. The van der Waals surface area contributed by atoms with Crippen LogP contribution >= 0.6 is 23.4 Å². The molecule has 2 rings (SSSR count). The van der Waals surface area contributed by atoms with Crippen molar-refractivity contribution >= 4 is 29.2 Å². The van der Waals surface area contributed by atoms with Gasteiger partial charge in [-0.25, -0.2) is 4.98 Å². The molecular weight excluding hydrogens is 306 g/mol. The third-order valence-corrected chi connectivity index (χ3v) is 3.57. The van der Waals surface area contributed by atoms with Crippen LogP contribution in [0, 0.1) is 6.92 Å². The number of hydrogen-bond acceptors (Lipinski definition) is 5. The number of rotatable bonds is 6. The number of hydrogen-bond donors (Lipinski definition) is 1. The zero-order valence-electron chi connectivity index (χ0n) is 12.3. The van der Waals surface area contributed by atoms with Crippen LogP contribution in [0.25, 0.3) is 0 Å². The monoisotopic (exact) mass is 323 g/mol. The summed E-state index contributed by atoms with van der Waals surface area (Å²) in [5, 5.41) is 4.56. The third-order valence-electron chi connectivity index (χ3n) is 2.79. The van der Waals surface area contributed by atoms with Crippen LogP contribution in [0.15, 0.2) is 29.4 Å². The second-order valence-electron chi connectivity index (χ2n) is 4.52. The van der Waals surface area contributed by atoms with Gasteiger partial charge in [0, 0.05) is 17.6 Å². The van der Waals surface area contributed by atoms with E-state index in [0.29, 0.717) is 21.8 Å². The van der Waals surface area contributed by atoms with E-state index in [9.17, 15) is 0 Å². The number of thioether (sulfide) groups is 1. The van der Waals surface area contributed by atoms with Gasteiger partial charge in [-0.3, -0.25) is 0 Å². The minimum Gasteiger partial charge on any atom is -0.438 e. The number of ether oxygens (including phenoxy) is 1. The van der Waals surface area contributed by atoms with Crippen LogP contribution in [0.2, 0.25) is 5.02 Å². The van der Waals surface area contributed by atoms with Crippen LogP contribution in [-0.4, -0.2) is 22.8 Å². The minimum absolute atomic E-state index is 0.512. The van der Waals surface area contributed by atoms with Crippen LogP contribution in [-0.2, 0) is 0 Å². The lowest BCUT2D eigenvalue weighted by Gasteiger charge is -2.11. The van der Waals surface area contributed by atoms with Crippen molar-refractivity contribution < 1.29 is 4.74 Å². The molecule has 21 heavy (non-hydrogen) atoms. The molecule has 1 aromatic heterocycles. The van der Waals surface area contributed by atoms with Crippen LogP contribution in [0.4, 0.5) is 5.82 Å². The molecule has 0 saturated carbocycles. The molecule has 0 spiro atoms. The summed E-state index contributed by atoms with van der Waals surface area (Å²) in [6.07, 6.45) is 2.97. The Bertz CT molecular complexity index is 622. The molecule has 0 aliphatic rings. The van der Waals surface area contributed by atoms with Crippen molar-refractivity contribution in [3.63, 3.8) is 0 Å². The normalized spacial score (nSPS) is 10.5. The second-order valence-corrected chi connectivity index (χ2v) is 5.73. The maximum atomic E-state index is 6.01. The molecule has 0 radical (unpaired) electrons. The first-order chi connectivity index (χ1) is 10.1. The fraction of sp³-hybridized carbons (Fsp3) is 0.333. The maximum absolute atomic E-state index is 6.01. The van der Waals surface area contributed by atoms with Gasteiger partial charge in [0.05, 0.1) is 0 Å². The van der Waals surface area contributed by atoms with Gasteiger partial charge in [0.1, 0.15) is 11.6 Å². The van der Waals surface area contributed by atoms with Gasteiger partial charge in [0.15, 0.2) is 5.16 Å². The second kappa shape index (κ2) is 7.52. The van der Waals surface area contributed by atoms with E-state index in [4.69, 9.17) is 16.3 Å². The Morgan fingerprint density at radius 2 is 2.10 bits per heavy atom. The highest BCUT2D eigenvalue weighted by Gasteiger charge is 2.08. The Labute approximate surface area is 134 Å². The van der Waals surface area contributed by atoms with Crippen LogP contribution < -0.4 is 10.1 Å². The van der Waals surface area contributed by atoms with Crippen molar-refractivity contribution in [2.75, 3.05) is 18.1 Å². The third kappa shape index (κ3) is 4.51. The molecule has 1 N–H and O–H groups in total. The Morgan fingerprint density at radius 3 is 2.81 bits per heavy atom. The summed E-state index contributed by atoms with van der Waals surface area (Å²) in [7, 11) is 0. The number of benzene rings is 1. The van der Waals surface area contributed by atoms with E-state index in [-0.39, 0.29) is 0 Å². The van der Waals surface area contributed by atoms with Gasteiger partial charge >= 0.3 is 0 Å². The summed E-state index contributed by atoms with van der Waals surface area (Å²) < 4.78 is 5.86. The average Bonchev–Trinajstić information content (AvgIpc) is 2.48. The summed E-state index contributed by atoms with van der Waals surface area (Å²) in [4.78, 5) is 8.78. The topological polar surface area (TPSA) is 47.0 Å². The highest BCUT2D eigenvalue weighted by Crippen LogP contribution is 2.28. The quantitative estimate of drug-likeness (QED) is 0.612. The Morgan fingerprint density at radius 1 is 1.29 bits per heavy atom. The molecular formula is C15H18ClN3OS. The summed E-state index contributed by atoms with van der Waals surface area (Å²) in [5.74, 6) is 1.99. The molecule has 0 aliphatic heterocycles. The van der Waals surface area contributed by atoms with Crippen molar-refractivity contribution in [3.8, 4) is 11.6 Å². The molecule has 6 heteroatoms. The van der Waals surface area contributed by atoms with Crippen molar-refractivity contribution in [2.45, 2.75) is 25.4 Å². The van der Waals surface area contributed by atoms with Crippen LogP contribution in [0.5, 0.6) is 11.6 Å². The molecule has 0 unspecified atom stereocenters. The standard InChI is InChI=1S/C15H18ClN3OS/c1-4-7-17-13-9-14(19-15(18-13)21-3)20-12-8-11(16)6-5-10(12)2/h5-6,8-9H,4,7H2,1-3H3,(H,17,18,19). The molecule has 112 valence electrons. The number of aromatic nitrogens is 2. The van der Waals surface area contributed by atoms with Gasteiger partial charge in [-0.05, 0) is 37.3 Å². The van der Waals surface area contributed by atoms with E-state index >= 15 is 0 Å². The SMILES string of the molecule is CCCNc1cc(Oc2cc(Cl)ccc2C)nc(SC)n1. The molecule has 0 fully saturated rings. The number of aryl methyl sites for hydroxylation is 1. The van der Waals surface area contributed by atoms with Crippen LogP contribution in [0.3, 0.4) is 0 Å². The van der Waals surface area contributed by atoms with E-state index in [0.717, 1.165) is 24.3 Å². The number of nitrogens with one attached hydrogen (secondary N) is 1. The molecule has 1 aromatic carbocycles. The molecule has 0 atom stereocenters. The molecule has 4 nitrogen and oxygen atoms in total. The van der Waals surface area contributed by atoms with Gasteiger partial charge in [-0.15, -0.1) is 0 Å². The van der Waals surface area contributed by atoms with E-state index in [1.807, 2.05) is 25.3 Å². The van der Waals surface area contributed by atoms with Gasteiger partial charge in [-0.1, -0.05) is 36.4 Å². The molecule has 0 aliphatic carbocycles. The molecule has 0 bridgehead atoms. The Kier molecular flexibility index (Phi) is 5.70. The molecule has 1 heterocycles. The largest absolute Gasteiger partial charge is 0.438 e. The smallest absolute Gasteiger partial charge is 0.225 e. The number of nitrogens with zero attached hydrogens (tertiary/aromatic N) is 2. The Balaban J connectivity index is 2.27. The van der Waals surface area contributed by atoms with Crippen molar-refractivity contribution in [2.24, 2.45) is 0 Å². The minimum atomic E-state index is 0.512. The fourth-order valence-electron chi connectivity index (χ4n) is 1.69. The summed E-state index contributed by atoms with van der Waals surface area (Å²) in [5.41, 5.74) is 1.01. The summed E-state index contributed by atoms with van der Waals surface area (Å²) >= 11 is 7.49. The summed E-state index contributed by atoms with van der Waals surface area (Å²) in [6.45, 7) is 4.94. The predicted molar refractivity (Wildman–Crippen MR) is 88.9 cm³/mol. The maximum Gasteiger partial charge on any atom is 0.225 e. The van der Waals surface area contributed by atoms with E-state index in [2.05, 4.69) is 22.2 Å². The number of halogens is 1. The lowest BCUT2D eigenvalue weighted by molar-refractivity contribution is 0.453. The highest BCUT2D eigenvalue weighted by atomic mass is 35.5. The predicted octanol–water partition coefficient (Wildman–Crippen LogP) is 4.77. The molecule has 2 aromatic rings. The first-order valence-electron chi connectivity index (χ1n) is 6.73. The zero-order chi connectivity index (χ0) is 15.2. The van der Waals surface area contributed by atoms with E-state index in [1.54, 1.807) is 12.1 Å². The lowest BCUT2D eigenvalue weighted by atomic mass is 10.2. The van der Waals surface area contributed by atoms with Gasteiger partial charge in [-0.2, -0.15) is 4.98 Å². The molecule has 0 amide bonds. The zero-order valence-corrected chi connectivity index (χ0v) is 13.9. The average molecular weight is 324 g/mol.